The van der Waals surface area contributed by atoms with Crippen LogP contribution in [0.1, 0.15) is 23.7 Å². The summed E-state index contributed by atoms with van der Waals surface area (Å²) in [6.45, 7) is 2.58. The standard InChI is InChI=1S/C18H20N2O2S/c1-2-20(15-6-4-3-5-7-15)18(21)14-8-10-19-17(12-14)22-16-9-11-23-13-16/h3-8,10,12,16H,2,9,11,13H2,1H3/t16-/m1/s1. The maximum Gasteiger partial charge on any atom is 0.258 e. The topological polar surface area (TPSA) is 42.4 Å². The van der Waals surface area contributed by atoms with Crippen molar-refractivity contribution < 1.29 is 9.53 Å². The minimum Gasteiger partial charge on any atom is -0.473 e. The molecule has 4 nitrogen and oxygen atoms in total. The van der Waals surface area contributed by atoms with E-state index in [1.807, 2.05) is 49.0 Å². The largest absolute Gasteiger partial charge is 0.473 e. The second-order valence-electron chi connectivity index (χ2n) is 5.37. The lowest BCUT2D eigenvalue weighted by Gasteiger charge is -2.21. The first kappa shape index (κ1) is 15.9. The van der Waals surface area contributed by atoms with E-state index in [1.54, 1.807) is 23.2 Å². The number of nitrogens with zero attached hydrogens (tertiary/aromatic N) is 2. The highest BCUT2D eigenvalue weighted by Crippen LogP contribution is 2.23. The van der Waals surface area contributed by atoms with Crippen molar-refractivity contribution >= 4 is 23.4 Å². The smallest absolute Gasteiger partial charge is 0.258 e. The van der Waals surface area contributed by atoms with Gasteiger partial charge in [0.15, 0.2) is 0 Å². The summed E-state index contributed by atoms with van der Waals surface area (Å²) >= 11 is 1.89. The summed E-state index contributed by atoms with van der Waals surface area (Å²) in [6.07, 6.45) is 2.88. The van der Waals surface area contributed by atoms with Crippen LogP contribution in [0, 0.1) is 0 Å². The van der Waals surface area contributed by atoms with Crippen molar-refractivity contribution in [3.63, 3.8) is 0 Å². The Morgan fingerprint density at radius 2 is 2.17 bits per heavy atom. The fourth-order valence-corrected chi connectivity index (χ4v) is 3.68. The van der Waals surface area contributed by atoms with Gasteiger partial charge < -0.3 is 9.64 Å². The summed E-state index contributed by atoms with van der Waals surface area (Å²) < 4.78 is 5.88. The summed E-state index contributed by atoms with van der Waals surface area (Å²) in [5.74, 6) is 2.62. The van der Waals surface area contributed by atoms with Crippen molar-refractivity contribution in [1.29, 1.82) is 0 Å². The first-order valence-corrected chi connectivity index (χ1v) is 9.00. The van der Waals surface area contributed by atoms with Crippen LogP contribution in [-0.2, 0) is 0 Å². The minimum absolute atomic E-state index is 0.0354. The molecule has 1 amide bonds. The van der Waals surface area contributed by atoms with Gasteiger partial charge >= 0.3 is 0 Å². The Bertz CT molecular complexity index is 657. The van der Waals surface area contributed by atoms with Crippen molar-refractivity contribution in [3.05, 3.63) is 54.2 Å². The van der Waals surface area contributed by atoms with Gasteiger partial charge in [0.1, 0.15) is 6.10 Å². The molecule has 1 fully saturated rings. The molecule has 1 aromatic heterocycles. The number of carbonyl (C=O) groups excluding carboxylic acids is 1. The first-order valence-electron chi connectivity index (χ1n) is 7.85. The molecule has 3 rings (SSSR count). The highest BCUT2D eigenvalue weighted by molar-refractivity contribution is 7.99. The number of carbonyl (C=O) groups is 1. The van der Waals surface area contributed by atoms with Crippen molar-refractivity contribution in [1.82, 2.24) is 4.98 Å². The monoisotopic (exact) mass is 328 g/mol. The second-order valence-corrected chi connectivity index (χ2v) is 6.52. The molecule has 0 aliphatic carbocycles. The fourth-order valence-electron chi connectivity index (χ4n) is 2.59. The number of ether oxygens (including phenoxy) is 1. The van der Waals surface area contributed by atoms with E-state index in [9.17, 15) is 4.79 Å². The van der Waals surface area contributed by atoms with Gasteiger partial charge in [0, 0.05) is 35.8 Å². The molecule has 2 aromatic rings. The number of hydrogen-bond donors (Lipinski definition) is 0. The Hall–Kier alpha value is -2.01. The van der Waals surface area contributed by atoms with Gasteiger partial charge in [-0.15, -0.1) is 0 Å². The molecule has 1 atom stereocenters. The number of amides is 1. The fraction of sp³-hybridized carbons (Fsp3) is 0.333. The number of aromatic nitrogens is 1. The Labute approximate surface area is 140 Å². The van der Waals surface area contributed by atoms with Crippen molar-refractivity contribution in [2.45, 2.75) is 19.4 Å². The molecule has 0 N–H and O–H groups in total. The van der Waals surface area contributed by atoms with Crippen LogP contribution < -0.4 is 9.64 Å². The highest BCUT2D eigenvalue weighted by Gasteiger charge is 2.20. The van der Waals surface area contributed by atoms with E-state index in [4.69, 9.17) is 4.74 Å². The van der Waals surface area contributed by atoms with Crippen LogP contribution >= 0.6 is 11.8 Å². The number of hydrogen-bond acceptors (Lipinski definition) is 4. The zero-order valence-electron chi connectivity index (χ0n) is 13.1. The van der Waals surface area contributed by atoms with Crippen molar-refractivity contribution in [2.24, 2.45) is 0 Å². The molecule has 5 heteroatoms. The average molecular weight is 328 g/mol. The number of rotatable bonds is 5. The van der Waals surface area contributed by atoms with Crippen LogP contribution in [-0.4, -0.2) is 35.0 Å². The lowest BCUT2D eigenvalue weighted by atomic mass is 10.2. The quantitative estimate of drug-likeness (QED) is 0.840. The van der Waals surface area contributed by atoms with E-state index in [-0.39, 0.29) is 12.0 Å². The molecule has 1 aliphatic heterocycles. The van der Waals surface area contributed by atoms with Gasteiger partial charge in [0.05, 0.1) is 0 Å². The number of anilines is 1. The van der Waals surface area contributed by atoms with Crippen molar-refractivity contribution in [3.8, 4) is 5.88 Å². The molecule has 2 heterocycles. The van der Waals surface area contributed by atoms with E-state index >= 15 is 0 Å². The van der Waals surface area contributed by atoms with Gasteiger partial charge in [-0.05, 0) is 37.3 Å². The molecular formula is C18H20N2O2S. The molecular weight excluding hydrogens is 308 g/mol. The van der Waals surface area contributed by atoms with Crippen molar-refractivity contribution in [2.75, 3.05) is 23.0 Å². The molecule has 1 saturated heterocycles. The summed E-state index contributed by atoms with van der Waals surface area (Å²) in [5, 5.41) is 0. The van der Waals surface area contributed by atoms with Crippen LogP contribution in [0.5, 0.6) is 5.88 Å². The van der Waals surface area contributed by atoms with Gasteiger partial charge in [-0.25, -0.2) is 4.98 Å². The molecule has 0 spiro atoms. The molecule has 0 radical (unpaired) electrons. The Morgan fingerprint density at radius 1 is 1.35 bits per heavy atom. The zero-order chi connectivity index (χ0) is 16.1. The van der Waals surface area contributed by atoms with E-state index in [0.717, 1.165) is 23.6 Å². The number of para-hydroxylation sites is 1. The van der Waals surface area contributed by atoms with Gasteiger partial charge in [0.2, 0.25) is 5.88 Å². The first-order chi connectivity index (χ1) is 11.3. The molecule has 0 bridgehead atoms. The molecule has 1 aliphatic rings. The van der Waals surface area contributed by atoms with Gasteiger partial charge in [-0.3, -0.25) is 4.79 Å². The Balaban J connectivity index is 1.78. The molecule has 0 unspecified atom stereocenters. The minimum atomic E-state index is -0.0354. The number of thioether (sulfide) groups is 1. The maximum absolute atomic E-state index is 12.8. The third-order valence-corrected chi connectivity index (χ3v) is 4.92. The van der Waals surface area contributed by atoms with Crippen LogP contribution in [0.25, 0.3) is 0 Å². The molecule has 23 heavy (non-hydrogen) atoms. The predicted molar refractivity (Wildman–Crippen MR) is 94.4 cm³/mol. The van der Waals surface area contributed by atoms with Crippen LogP contribution in [0.4, 0.5) is 5.69 Å². The van der Waals surface area contributed by atoms with Gasteiger partial charge in [-0.2, -0.15) is 11.8 Å². The zero-order valence-corrected chi connectivity index (χ0v) is 14.0. The van der Waals surface area contributed by atoms with Gasteiger partial charge in [-0.1, -0.05) is 18.2 Å². The van der Waals surface area contributed by atoms with Crippen LogP contribution in [0.15, 0.2) is 48.7 Å². The highest BCUT2D eigenvalue weighted by atomic mass is 32.2. The third-order valence-electron chi connectivity index (χ3n) is 3.79. The number of benzene rings is 1. The molecule has 1 aromatic carbocycles. The van der Waals surface area contributed by atoms with E-state index in [0.29, 0.717) is 18.0 Å². The second kappa shape index (κ2) is 7.51. The SMILES string of the molecule is CCN(C(=O)c1ccnc(O[C@@H]2CCSC2)c1)c1ccccc1. The Morgan fingerprint density at radius 3 is 2.87 bits per heavy atom. The molecule has 120 valence electrons. The van der Waals surface area contributed by atoms with E-state index < -0.39 is 0 Å². The maximum atomic E-state index is 12.8. The van der Waals surface area contributed by atoms with Gasteiger partial charge in [0.25, 0.3) is 5.91 Å². The lowest BCUT2D eigenvalue weighted by Crippen LogP contribution is -2.30. The summed E-state index contributed by atoms with van der Waals surface area (Å²) in [5.41, 5.74) is 1.50. The third kappa shape index (κ3) is 3.85. The van der Waals surface area contributed by atoms with E-state index in [2.05, 4.69) is 4.98 Å². The Kier molecular flexibility index (Phi) is 5.18. The van der Waals surface area contributed by atoms with E-state index in [1.165, 1.54) is 0 Å². The summed E-state index contributed by atoms with van der Waals surface area (Å²) in [4.78, 5) is 18.8. The normalized spacial score (nSPS) is 17.0. The average Bonchev–Trinajstić information content (AvgIpc) is 3.10. The van der Waals surface area contributed by atoms with Crippen LogP contribution in [0.3, 0.4) is 0 Å². The number of pyridine rings is 1. The van der Waals surface area contributed by atoms with Crippen LogP contribution in [0.2, 0.25) is 0 Å². The predicted octanol–water partition coefficient (Wildman–Crippen LogP) is 3.63. The summed E-state index contributed by atoms with van der Waals surface area (Å²) in [7, 11) is 0. The summed E-state index contributed by atoms with van der Waals surface area (Å²) in [6, 6.07) is 13.2. The molecule has 0 saturated carbocycles. The lowest BCUT2D eigenvalue weighted by molar-refractivity contribution is 0.0987.